The second kappa shape index (κ2) is 11.5. The molecule has 10 nitrogen and oxygen atoms in total. The topological polar surface area (TPSA) is 122 Å². The van der Waals surface area contributed by atoms with Crippen molar-refractivity contribution in [3.05, 3.63) is 60.6 Å². The molecule has 4 heterocycles. The first-order valence-corrected chi connectivity index (χ1v) is 16.1. The quantitative estimate of drug-likeness (QED) is 0.389. The van der Waals surface area contributed by atoms with Crippen molar-refractivity contribution in [2.45, 2.75) is 69.0 Å². The van der Waals surface area contributed by atoms with Crippen molar-refractivity contribution in [2.75, 3.05) is 18.4 Å². The summed E-state index contributed by atoms with van der Waals surface area (Å²) in [5, 5.41) is 6.60. The molecule has 0 bridgehead atoms. The number of fused-ring (bicyclic) bond motifs is 1. The zero-order valence-corrected chi connectivity index (χ0v) is 25.2. The van der Waals surface area contributed by atoms with Gasteiger partial charge < -0.3 is 15.5 Å². The van der Waals surface area contributed by atoms with Crippen molar-refractivity contribution in [2.24, 2.45) is 5.92 Å². The van der Waals surface area contributed by atoms with Crippen LogP contribution >= 0.6 is 0 Å². The van der Waals surface area contributed by atoms with Crippen LogP contribution in [-0.4, -0.2) is 74.4 Å². The number of anilines is 1. The third kappa shape index (κ3) is 5.66. The van der Waals surface area contributed by atoms with E-state index in [9.17, 15) is 22.0 Å². The molecule has 3 aliphatic rings. The van der Waals surface area contributed by atoms with E-state index in [1.54, 1.807) is 12.1 Å². The van der Waals surface area contributed by atoms with Crippen LogP contribution in [0.1, 0.15) is 46.0 Å². The van der Waals surface area contributed by atoms with Gasteiger partial charge in [-0.2, -0.15) is 0 Å². The minimum Gasteiger partial charge on any atom is -0.365 e. The van der Waals surface area contributed by atoms with Crippen LogP contribution in [0.5, 0.6) is 0 Å². The van der Waals surface area contributed by atoms with Gasteiger partial charge in [-0.1, -0.05) is 13.0 Å². The Morgan fingerprint density at radius 1 is 1.16 bits per heavy atom. The first kappa shape index (κ1) is 30.1. The van der Waals surface area contributed by atoms with E-state index in [0.717, 1.165) is 22.7 Å². The van der Waals surface area contributed by atoms with Crippen LogP contribution in [-0.2, 0) is 10.0 Å². The summed E-state index contributed by atoms with van der Waals surface area (Å²) < 4.78 is 70.0. The Balaban J connectivity index is 1.27. The normalized spacial score (nSPS) is 27.4. The highest BCUT2D eigenvalue weighted by Crippen LogP contribution is 2.36. The number of halogens is 3. The zero-order chi connectivity index (χ0) is 31.2. The second-order valence-electron chi connectivity index (χ2n) is 12.2. The average molecular weight is 630 g/mol. The lowest BCUT2D eigenvalue weighted by Crippen LogP contribution is -2.48. The number of alkyl halides is 1. The number of rotatable bonds is 6. The van der Waals surface area contributed by atoms with Gasteiger partial charge in [-0.05, 0) is 69.2 Å². The molecule has 1 saturated heterocycles. The highest BCUT2D eigenvalue weighted by molar-refractivity contribution is 7.91. The van der Waals surface area contributed by atoms with E-state index in [1.165, 1.54) is 36.4 Å². The lowest BCUT2D eigenvalue weighted by atomic mass is 9.83. The SMILES string of the molecule is CC1CC(NC(=O)N2CC[C@H](F)C2)CC(Nc2nc(-c3cn(S(=O)(=O)C4(C)C=C(F)C=CC4)c4ncccc34)ncc2F)C1. The first-order chi connectivity index (χ1) is 20.9. The fourth-order valence-electron chi connectivity index (χ4n) is 6.40. The smallest absolute Gasteiger partial charge is 0.317 e. The summed E-state index contributed by atoms with van der Waals surface area (Å²) in [5.41, 5.74) is 0.435. The molecule has 6 rings (SSSR count). The molecular weight excluding hydrogens is 595 g/mol. The number of nitrogens with one attached hydrogen (secondary N) is 2. The Hall–Kier alpha value is -3.94. The maximum atomic E-state index is 15.1. The number of urea groups is 1. The number of amides is 2. The molecule has 1 saturated carbocycles. The molecule has 0 radical (unpaired) electrons. The van der Waals surface area contributed by atoms with Gasteiger partial charge in [-0.15, -0.1) is 0 Å². The highest BCUT2D eigenvalue weighted by atomic mass is 32.2. The van der Waals surface area contributed by atoms with Crippen molar-refractivity contribution in [3.8, 4) is 11.4 Å². The molecule has 2 aliphatic carbocycles. The third-order valence-electron chi connectivity index (χ3n) is 8.64. The van der Waals surface area contributed by atoms with Crippen molar-refractivity contribution in [1.82, 2.24) is 29.1 Å². The lowest BCUT2D eigenvalue weighted by Gasteiger charge is -2.35. The van der Waals surface area contributed by atoms with Gasteiger partial charge in [0.1, 0.15) is 16.7 Å². The average Bonchev–Trinajstić information content (AvgIpc) is 3.58. The number of likely N-dealkylation sites (tertiary alicyclic amines) is 1. The van der Waals surface area contributed by atoms with Gasteiger partial charge in [0.2, 0.25) is 10.0 Å². The van der Waals surface area contributed by atoms with Gasteiger partial charge in [0.05, 0.1) is 12.7 Å². The second-order valence-corrected chi connectivity index (χ2v) is 14.5. The fourth-order valence-corrected chi connectivity index (χ4v) is 8.03. The number of allylic oxidation sites excluding steroid dienone is 3. The number of nitrogens with zero attached hydrogens (tertiary/aromatic N) is 5. The van der Waals surface area contributed by atoms with Crippen molar-refractivity contribution >= 4 is 32.9 Å². The molecule has 2 amide bonds. The van der Waals surface area contributed by atoms with E-state index in [4.69, 9.17) is 0 Å². The molecule has 2 fully saturated rings. The standard InChI is InChI=1S/C30H34F3N7O3S/c1-18-11-21(13-22(12-18)37-29(41)39-10-7-20(32)16-39)36-27-25(33)15-35-26(38-27)24-17-40(28-23(24)6-4-9-34-28)44(42,43)30(2)8-3-5-19(31)14-30/h3-6,9,14-15,17-18,20-22H,7-8,10-13,16H2,1-2H3,(H,37,41)(H,35,36,38)/t18?,20-,21?,22?,30?/m0/s1. The van der Waals surface area contributed by atoms with Crippen molar-refractivity contribution < 1.29 is 26.4 Å². The van der Waals surface area contributed by atoms with E-state index >= 15 is 4.39 Å². The van der Waals surface area contributed by atoms with Crippen LogP contribution in [0.4, 0.5) is 23.8 Å². The number of carbonyl (C=O) groups excluding carboxylic acids is 1. The minimum atomic E-state index is -4.20. The Morgan fingerprint density at radius 3 is 2.70 bits per heavy atom. The summed E-state index contributed by atoms with van der Waals surface area (Å²) in [6.07, 6.45) is 8.96. The Bertz CT molecular complexity index is 1760. The van der Waals surface area contributed by atoms with Crippen LogP contribution in [0.2, 0.25) is 0 Å². The highest BCUT2D eigenvalue weighted by Gasteiger charge is 2.41. The van der Waals surface area contributed by atoms with Crippen LogP contribution in [0.25, 0.3) is 22.4 Å². The third-order valence-corrected chi connectivity index (χ3v) is 10.9. The van der Waals surface area contributed by atoms with E-state index < -0.39 is 32.6 Å². The lowest BCUT2D eigenvalue weighted by molar-refractivity contribution is 0.191. The van der Waals surface area contributed by atoms with Gasteiger partial charge in [-0.25, -0.2) is 45.3 Å². The zero-order valence-electron chi connectivity index (χ0n) is 24.4. The van der Waals surface area contributed by atoms with Gasteiger partial charge in [0.15, 0.2) is 23.1 Å². The van der Waals surface area contributed by atoms with Gasteiger partial charge in [0.25, 0.3) is 0 Å². The molecule has 234 valence electrons. The fraction of sp³-hybridized carbons (Fsp3) is 0.467. The van der Waals surface area contributed by atoms with E-state index in [0.29, 0.717) is 36.8 Å². The molecule has 0 spiro atoms. The van der Waals surface area contributed by atoms with Gasteiger partial charge in [-0.3, -0.25) is 0 Å². The molecule has 14 heteroatoms. The van der Waals surface area contributed by atoms with E-state index in [1.807, 2.05) is 6.92 Å². The number of aromatic nitrogens is 4. The Labute approximate surface area is 253 Å². The predicted molar refractivity (Wildman–Crippen MR) is 160 cm³/mol. The maximum Gasteiger partial charge on any atom is 0.317 e. The molecule has 44 heavy (non-hydrogen) atoms. The van der Waals surface area contributed by atoms with Crippen molar-refractivity contribution in [1.29, 1.82) is 0 Å². The van der Waals surface area contributed by atoms with Crippen LogP contribution in [0.3, 0.4) is 0 Å². The van der Waals surface area contributed by atoms with Crippen LogP contribution in [0.15, 0.2) is 54.8 Å². The van der Waals surface area contributed by atoms with Crippen molar-refractivity contribution in [3.63, 3.8) is 0 Å². The monoisotopic (exact) mass is 629 g/mol. The molecule has 3 aromatic rings. The molecule has 5 atom stereocenters. The summed E-state index contributed by atoms with van der Waals surface area (Å²) >= 11 is 0. The molecule has 2 N–H and O–H groups in total. The minimum absolute atomic E-state index is 0.0546. The van der Waals surface area contributed by atoms with E-state index in [2.05, 4.69) is 25.6 Å². The predicted octanol–water partition coefficient (Wildman–Crippen LogP) is 5.10. The summed E-state index contributed by atoms with van der Waals surface area (Å²) in [7, 11) is -4.20. The van der Waals surface area contributed by atoms with Crippen LogP contribution in [0, 0.1) is 11.7 Å². The number of hydrogen-bond donors (Lipinski definition) is 2. The Morgan fingerprint density at radius 2 is 1.95 bits per heavy atom. The molecule has 3 aromatic heterocycles. The van der Waals surface area contributed by atoms with E-state index in [-0.39, 0.29) is 54.3 Å². The molecule has 4 unspecified atom stereocenters. The van der Waals surface area contributed by atoms with Gasteiger partial charge >= 0.3 is 6.03 Å². The van der Waals surface area contributed by atoms with Gasteiger partial charge in [0, 0.05) is 42.0 Å². The summed E-state index contributed by atoms with van der Waals surface area (Å²) in [6.45, 7) is 3.96. The summed E-state index contributed by atoms with van der Waals surface area (Å²) in [4.78, 5) is 27.1. The molecular formula is C30H34F3N7O3S. The number of carbonyl (C=O) groups is 1. The molecule has 1 aliphatic heterocycles. The maximum absolute atomic E-state index is 15.1. The summed E-state index contributed by atoms with van der Waals surface area (Å²) in [5.74, 6) is -1.09. The number of hydrogen-bond acceptors (Lipinski definition) is 7. The largest absolute Gasteiger partial charge is 0.365 e. The Kier molecular flexibility index (Phi) is 7.89. The van der Waals surface area contributed by atoms with Crippen LogP contribution < -0.4 is 10.6 Å². The first-order valence-electron chi connectivity index (χ1n) is 14.7. The number of pyridine rings is 1. The summed E-state index contributed by atoms with van der Waals surface area (Å²) in [6, 6.07) is 2.61. The molecule has 0 aromatic carbocycles.